The van der Waals surface area contributed by atoms with Crippen LogP contribution >= 0.6 is 11.6 Å². The summed E-state index contributed by atoms with van der Waals surface area (Å²) in [6.07, 6.45) is 0. The van der Waals surface area contributed by atoms with E-state index in [0.29, 0.717) is 16.1 Å². The van der Waals surface area contributed by atoms with Crippen molar-refractivity contribution in [3.63, 3.8) is 0 Å². The molecule has 1 N–H and O–H groups in total. The van der Waals surface area contributed by atoms with Gasteiger partial charge in [0.15, 0.2) is 0 Å². The molecule has 0 unspecified atom stereocenters. The standard InChI is InChI=1S/C14H11ClN2O3/c1-9-7-13(17(19)20)12(8-11(9)15)16-14(18)10-5-3-2-4-6-10/h2-8H,1H3,(H,16,18). The van der Waals surface area contributed by atoms with Gasteiger partial charge in [-0.3, -0.25) is 14.9 Å². The molecule has 0 fully saturated rings. The number of aryl methyl sites for hydroxylation is 1. The minimum atomic E-state index is -0.552. The first-order valence-corrected chi connectivity index (χ1v) is 6.18. The first kappa shape index (κ1) is 14.0. The number of nitrogens with one attached hydrogen (secondary N) is 1. The van der Waals surface area contributed by atoms with Crippen LogP contribution in [0.1, 0.15) is 15.9 Å². The fraction of sp³-hybridized carbons (Fsp3) is 0.0714. The van der Waals surface area contributed by atoms with E-state index in [0.717, 1.165) is 0 Å². The molecule has 1 amide bonds. The minimum absolute atomic E-state index is 0.0828. The van der Waals surface area contributed by atoms with E-state index in [9.17, 15) is 14.9 Å². The highest BCUT2D eigenvalue weighted by Gasteiger charge is 2.18. The lowest BCUT2D eigenvalue weighted by Crippen LogP contribution is -2.13. The van der Waals surface area contributed by atoms with Gasteiger partial charge in [-0.2, -0.15) is 0 Å². The van der Waals surface area contributed by atoms with Crippen LogP contribution in [0.3, 0.4) is 0 Å². The fourth-order valence-corrected chi connectivity index (χ4v) is 1.87. The van der Waals surface area contributed by atoms with E-state index in [2.05, 4.69) is 5.32 Å². The number of anilines is 1. The zero-order valence-corrected chi connectivity index (χ0v) is 11.3. The molecule has 0 atom stereocenters. The molecule has 102 valence electrons. The number of rotatable bonds is 3. The number of amides is 1. The summed E-state index contributed by atoms with van der Waals surface area (Å²) >= 11 is 5.95. The molecule has 0 aliphatic carbocycles. The van der Waals surface area contributed by atoms with Crippen molar-refractivity contribution in [3.8, 4) is 0 Å². The zero-order chi connectivity index (χ0) is 14.7. The van der Waals surface area contributed by atoms with Crippen molar-refractivity contribution in [1.29, 1.82) is 0 Å². The third kappa shape index (κ3) is 2.95. The predicted octanol–water partition coefficient (Wildman–Crippen LogP) is 3.81. The summed E-state index contributed by atoms with van der Waals surface area (Å²) in [6.45, 7) is 1.66. The Morgan fingerprint density at radius 2 is 1.90 bits per heavy atom. The quantitative estimate of drug-likeness (QED) is 0.690. The molecular weight excluding hydrogens is 280 g/mol. The third-order valence-corrected chi connectivity index (χ3v) is 3.17. The van der Waals surface area contributed by atoms with Gasteiger partial charge in [0.25, 0.3) is 11.6 Å². The highest BCUT2D eigenvalue weighted by atomic mass is 35.5. The normalized spacial score (nSPS) is 10.1. The Labute approximate surface area is 120 Å². The molecule has 0 heterocycles. The average molecular weight is 291 g/mol. The smallest absolute Gasteiger partial charge is 0.293 e. The van der Waals surface area contributed by atoms with Crippen molar-refractivity contribution < 1.29 is 9.72 Å². The van der Waals surface area contributed by atoms with E-state index in [1.165, 1.54) is 12.1 Å². The average Bonchev–Trinajstić information content (AvgIpc) is 2.43. The zero-order valence-electron chi connectivity index (χ0n) is 10.6. The van der Waals surface area contributed by atoms with Crippen LogP contribution < -0.4 is 5.32 Å². The lowest BCUT2D eigenvalue weighted by molar-refractivity contribution is -0.384. The van der Waals surface area contributed by atoms with Crippen LogP contribution in [0.4, 0.5) is 11.4 Å². The summed E-state index contributed by atoms with van der Waals surface area (Å²) in [5.74, 6) is -0.423. The highest BCUT2D eigenvalue weighted by molar-refractivity contribution is 6.31. The Kier molecular flexibility index (Phi) is 4.00. The van der Waals surface area contributed by atoms with Crippen LogP contribution in [0, 0.1) is 17.0 Å². The van der Waals surface area contributed by atoms with E-state index in [1.54, 1.807) is 37.3 Å². The number of hydrogen-bond donors (Lipinski definition) is 1. The molecule has 0 aliphatic heterocycles. The van der Waals surface area contributed by atoms with Gasteiger partial charge in [-0.25, -0.2) is 0 Å². The second-order valence-electron chi connectivity index (χ2n) is 4.20. The van der Waals surface area contributed by atoms with E-state index in [4.69, 9.17) is 11.6 Å². The van der Waals surface area contributed by atoms with Crippen LogP contribution in [-0.2, 0) is 0 Å². The lowest BCUT2D eigenvalue weighted by atomic mass is 10.1. The Morgan fingerprint density at radius 3 is 2.50 bits per heavy atom. The van der Waals surface area contributed by atoms with E-state index >= 15 is 0 Å². The van der Waals surface area contributed by atoms with Crippen LogP contribution in [0.2, 0.25) is 5.02 Å². The molecule has 2 rings (SSSR count). The number of nitrogens with zero attached hydrogens (tertiary/aromatic N) is 1. The largest absolute Gasteiger partial charge is 0.316 e. The highest BCUT2D eigenvalue weighted by Crippen LogP contribution is 2.31. The molecule has 0 bridgehead atoms. The van der Waals surface area contributed by atoms with Crippen molar-refractivity contribution in [2.24, 2.45) is 0 Å². The molecule has 2 aromatic carbocycles. The first-order chi connectivity index (χ1) is 9.49. The first-order valence-electron chi connectivity index (χ1n) is 5.80. The summed E-state index contributed by atoms with van der Waals surface area (Å²) in [5.41, 5.74) is 0.894. The Balaban J connectivity index is 2.36. The number of nitro benzene ring substituents is 1. The van der Waals surface area contributed by atoms with Gasteiger partial charge in [-0.15, -0.1) is 0 Å². The van der Waals surface area contributed by atoms with Gasteiger partial charge in [0.05, 0.1) is 4.92 Å². The lowest BCUT2D eigenvalue weighted by Gasteiger charge is -2.08. The molecular formula is C14H11ClN2O3. The van der Waals surface area contributed by atoms with Gasteiger partial charge < -0.3 is 5.32 Å². The Morgan fingerprint density at radius 1 is 1.25 bits per heavy atom. The topological polar surface area (TPSA) is 72.2 Å². The van der Waals surface area contributed by atoms with Crippen molar-refractivity contribution in [2.75, 3.05) is 5.32 Å². The van der Waals surface area contributed by atoms with Gasteiger partial charge in [0, 0.05) is 16.7 Å². The molecule has 0 aromatic heterocycles. The minimum Gasteiger partial charge on any atom is -0.316 e. The summed E-state index contributed by atoms with van der Waals surface area (Å²) in [5, 5.41) is 13.9. The van der Waals surface area contributed by atoms with Crippen LogP contribution in [-0.4, -0.2) is 10.8 Å². The van der Waals surface area contributed by atoms with Gasteiger partial charge in [0.1, 0.15) is 5.69 Å². The number of carbonyl (C=O) groups excluding carboxylic acids is 1. The molecule has 0 saturated heterocycles. The molecule has 20 heavy (non-hydrogen) atoms. The third-order valence-electron chi connectivity index (χ3n) is 2.76. The van der Waals surface area contributed by atoms with Crippen molar-refractivity contribution in [2.45, 2.75) is 6.92 Å². The molecule has 0 spiro atoms. The Hall–Kier alpha value is -2.40. The number of carbonyl (C=O) groups is 1. The number of benzene rings is 2. The van der Waals surface area contributed by atoms with Gasteiger partial charge in [0.2, 0.25) is 0 Å². The molecule has 0 saturated carbocycles. The van der Waals surface area contributed by atoms with Crippen LogP contribution in [0.25, 0.3) is 0 Å². The van der Waals surface area contributed by atoms with Gasteiger partial charge in [-0.05, 0) is 30.7 Å². The van der Waals surface area contributed by atoms with E-state index in [1.807, 2.05) is 0 Å². The molecule has 6 heteroatoms. The van der Waals surface area contributed by atoms with Gasteiger partial charge >= 0.3 is 0 Å². The van der Waals surface area contributed by atoms with Crippen LogP contribution in [0.15, 0.2) is 42.5 Å². The maximum atomic E-state index is 12.0. The monoisotopic (exact) mass is 290 g/mol. The van der Waals surface area contributed by atoms with Crippen molar-refractivity contribution >= 4 is 28.9 Å². The Bertz CT molecular complexity index is 672. The SMILES string of the molecule is Cc1cc([N+](=O)[O-])c(NC(=O)c2ccccc2)cc1Cl. The molecule has 5 nitrogen and oxygen atoms in total. The molecule has 2 aromatic rings. The predicted molar refractivity (Wildman–Crippen MR) is 77.2 cm³/mol. The fourth-order valence-electron chi connectivity index (χ4n) is 1.70. The van der Waals surface area contributed by atoms with E-state index in [-0.39, 0.29) is 11.4 Å². The van der Waals surface area contributed by atoms with Crippen molar-refractivity contribution in [1.82, 2.24) is 0 Å². The maximum Gasteiger partial charge on any atom is 0.293 e. The number of hydrogen-bond acceptors (Lipinski definition) is 3. The maximum absolute atomic E-state index is 12.0. The number of nitro groups is 1. The summed E-state index contributed by atoms with van der Waals surface area (Å²) in [6, 6.07) is 11.2. The molecule has 0 aliphatic rings. The second-order valence-corrected chi connectivity index (χ2v) is 4.60. The van der Waals surface area contributed by atoms with Crippen LogP contribution in [0.5, 0.6) is 0 Å². The van der Waals surface area contributed by atoms with Crippen molar-refractivity contribution in [3.05, 3.63) is 68.7 Å². The number of halogens is 1. The second kappa shape index (κ2) is 5.71. The van der Waals surface area contributed by atoms with Gasteiger partial charge in [-0.1, -0.05) is 29.8 Å². The summed E-state index contributed by atoms with van der Waals surface area (Å²) in [7, 11) is 0. The summed E-state index contributed by atoms with van der Waals surface area (Å²) < 4.78 is 0. The summed E-state index contributed by atoms with van der Waals surface area (Å²) in [4.78, 5) is 22.5. The molecule has 0 radical (unpaired) electrons. The van der Waals surface area contributed by atoms with E-state index < -0.39 is 10.8 Å².